The Kier molecular flexibility index (Phi) is 3.50. The Labute approximate surface area is 111 Å². The van der Waals surface area contributed by atoms with Gasteiger partial charge in [-0.25, -0.2) is 4.79 Å². The SMILES string of the molecule is CC(C)(C)OC(=O)N1CCN(c2nnc(N)o2)CC1. The molecule has 1 aliphatic heterocycles. The number of ether oxygens (including phenoxy) is 1. The number of carbonyl (C=O) groups is 1. The summed E-state index contributed by atoms with van der Waals surface area (Å²) in [5.74, 6) is 0. The van der Waals surface area contributed by atoms with Crippen molar-refractivity contribution < 1.29 is 13.9 Å². The maximum atomic E-state index is 11.9. The van der Waals surface area contributed by atoms with Crippen LogP contribution in [0.3, 0.4) is 0 Å². The highest BCUT2D eigenvalue weighted by Gasteiger charge is 2.27. The number of piperazine rings is 1. The predicted molar refractivity (Wildman–Crippen MR) is 68.7 cm³/mol. The van der Waals surface area contributed by atoms with Gasteiger partial charge in [0.15, 0.2) is 0 Å². The lowest BCUT2D eigenvalue weighted by Gasteiger charge is -2.34. The van der Waals surface area contributed by atoms with Crippen molar-refractivity contribution in [3.63, 3.8) is 0 Å². The Bertz CT molecular complexity index is 445. The zero-order valence-corrected chi connectivity index (χ0v) is 11.4. The highest BCUT2D eigenvalue weighted by molar-refractivity contribution is 5.68. The van der Waals surface area contributed by atoms with Crippen LogP contribution in [0.2, 0.25) is 0 Å². The molecule has 0 bridgehead atoms. The van der Waals surface area contributed by atoms with E-state index in [1.54, 1.807) is 4.90 Å². The van der Waals surface area contributed by atoms with Crippen molar-refractivity contribution in [2.24, 2.45) is 0 Å². The molecule has 0 aliphatic carbocycles. The van der Waals surface area contributed by atoms with Crippen molar-refractivity contribution in [2.75, 3.05) is 36.8 Å². The van der Waals surface area contributed by atoms with Gasteiger partial charge in [-0.2, -0.15) is 0 Å². The summed E-state index contributed by atoms with van der Waals surface area (Å²) in [5.41, 5.74) is 4.90. The van der Waals surface area contributed by atoms with E-state index in [0.29, 0.717) is 32.2 Å². The summed E-state index contributed by atoms with van der Waals surface area (Å²) < 4.78 is 10.5. The first kappa shape index (κ1) is 13.4. The smallest absolute Gasteiger partial charge is 0.410 e. The second-order valence-electron chi connectivity index (χ2n) is 5.38. The highest BCUT2D eigenvalue weighted by Crippen LogP contribution is 2.17. The third-order valence-corrected chi connectivity index (χ3v) is 2.63. The quantitative estimate of drug-likeness (QED) is 0.801. The number of nitrogens with two attached hydrogens (primary N) is 1. The predicted octanol–water partition coefficient (Wildman–Crippen LogP) is 0.709. The number of amides is 1. The molecule has 0 spiro atoms. The van der Waals surface area contributed by atoms with Crippen LogP contribution in [0.1, 0.15) is 20.8 Å². The molecule has 8 nitrogen and oxygen atoms in total. The van der Waals surface area contributed by atoms with Gasteiger partial charge in [0.25, 0.3) is 0 Å². The zero-order chi connectivity index (χ0) is 14.0. The summed E-state index contributed by atoms with van der Waals surface area (Å²) >= 11 is 0. The maximum absolute atomic E-state index is 11.9. The maximum Gasteiger partial charge on any atom is 0.410 e. The molecule has 2 rings (SSSR count). The molecule has 0 unspecified atom stereocenters. The van der Waals surface area contributed by atoms with Gasteiger partial charge in [0.05, 0.1) is 0 Å². The van der Waals surface area contributed by atoms with E-state index < -0.39 is 5.60 Å². The molecule has 8 heteroatoms. The number of nitrogen functional groups attached to an aromatic ring is 1. The average Bonchev–Trinajstić information content (AvgIpc) is 2.74. The summed E-state index contributed by atoms with van der Waals surface area (Å²) in [5, 5.41) is 7.43. The van der Waals surface area contributed by atoms with E-state index in [4.69, 9.17) is 14.9 Å². The molecular formula is C11H19N5O3. The van der Waals surface area contributed by atoms with E-state index in [1.807, 2.05) is 25.7 Å². The number of hydrogen-bond acceptors (Lipinski definition) is 7. The number of aromatic nitrogens is 2. The molecule has 19 heavy (non-hydrogen) atoms. The van der Waals surface area contributed by atoms with Gasteiger partial charge in [-0.15, -0.1) is 0 Å². The molecule has 0 saturated carbocycles. The van der Waals surface area contributed by atoms with Crippen LogP contribution in [0, 0.1) is 0 Å². The Morgan fingerprint density at radius 2 is 1.89 bits per heavy atom. The lowest BCUT2D eigenvalue weighted by molar-refractivity contribution is 0.0239. The van der Waals surface area contributed by atoms with Gasteiger partial charge in [-0.1, -0.05) is 10.2 Å². The van der Waals surface area contributed by atoms with Crippen LogP contribution in [0.4, 0.5) is 16.8 Å². The zero-order valence-electron chi connectivity index (χ0n) is 11.4. The number of anilines is 2. The molecular weight excluding hydrogens is 250 g/mol. The Morgan fingerprint density at radius 3 is 2.37 bits per heavy atom. The van der Waals surface area contributed by atoms with Crippen molar-refractivity contribution in [1.29, 1.82) is 0 Å². The van der Waals surface area contributed by atoms with Crippen LogP contribution in [-0.2, 0) is 4.74 Å². The van der Waals surface area contributed by atoms with Crippen LogP contribution in [-0.4, -0.2) is 53.0 Å². The van der Waals surface area contributed by atoms with Gasteiger partial charge in [0.1, 0.15) is 5.60 Å². The average molecular weight is 269 g/mol. The largest absolute Gasteiger partial charge is 0.444 e. The molecule has 1 aromatic heterocycles. The second kappa shape index (κ2) is 4.94. The van der Waals surface area contributed by atoms with Crippen molar-refractivity contribution in [3.05, 3.63) is 0 Å². The molecule has 0 atom stereocenters. The second-order valence-corrected chi connectivity index (χ2v) is 5.38. The molecule has 2 N–H and O–H groups in total. The number of rotatable bonds is 1. The molecule has 1 amide bonds. The van der Waals surface area contributed by atoms with Gasteiger partial charge in [0.2, 0.25) is 0 Å². The van der Waals surface area contributed by atoms with E-state index >= 15 is 0 Å². The van der Waals surface area contributed by atoms with Gasteiger partial charge in [-0.3, -0.25) is 0 Å². The fourth-order valence-electron chi connectivity index (χ4n) is 1.76. The number of nitrogens with zero attached hydrogens (tertiary/aromatic N) is 4. The molecule has 106 valence electrons. The monoisotopic (exact) mass is 269 g/mol. The number of hydrogen-bond donors (Lipinski definition) is 1. The Balaban J connectivity index is 1.87. The van der Waals surface area contributed by atoms with E-state index in [-0.39, 0.29) is 12.1 Å². The minimum absolute atomic E-state index is 0.0459. The topological polar surface area (TPSA) is 97.7 Å². The van der Waals surface area contributed by atoms with Crippen molar-refractivity contribution in [3.8, 4) is 0 Å². The molecule has 1 saturated heterocycles. The fourth-order valence-corrected chi connectivity index (χ4v) is 1.76. The summed E-state index contributed by atoms with van der Waals surface area (Å²) in [7, 11) is 0. The molecule has 2 heterocycles. The minimum atomic E-state index is -0.477. The van der Waals surface area contributed by atoms with Crippen molar-refractivity contribution >= 4 is 18.1 Å². The Hall–Kier alpha value is -1.99. The van der Waals surface area contributed by atoms with E-state index in [1.165, 1.54) is 0 Å². The molecule has 1 fully saturated rings. The lowest BCUT2D eigenvalue weighted by Crippen LogP contribution is -2.50. The van der Waals surface area contributed by atoms with Crippen LogP contribution < -0.4 is 10.6 Å². The first-order chi connectivity index (χ1) is 8.85. The molecule has 0 aromatic carbocycles. The van der Waals surface area contributed by atoms with E-state index in [2.05, 4.69) is 10.2 Å². The van der Waals surface area contributed by atoms with Crippen LogP contribution in [0.15, 0.2) is 4.42 Å². The van der Waals surface area contributed by atoms with Crippen LogP contribution >= 0.6 is 0 Å². The van der Waals surface area contributed by atoms with Gasteiger partial charge in [-0.05, 0) is 20.8 Å². The van der Waals surface area contributed by atoms with E-state index in [0.717, 1.165) is 0 Å². The van der Waals surface area contributed by atoms with Crippen molar-refractivity contribution in [1.82, 2.24) is 15.1 Å². The first-order valence-corrected chi connectivity index (χ1v) is 6.17. The molecule has 1 aromatic rings. The van der Waals surface area contributed by atoms with Crippen LogP contribution in [0.25, 0.3) is 0 Å². The first-order valence-electron chi connectivity index (χ1n) is 6.17. The van der Waals surface area contributed by atoms with Gasteiger partial charge < -0.3 is 24.7 Å². The summed E-state index contributed by atoms with van der Waals surface area (Å²) in [4.78, 5) is 15.4. The summed E-state index contributed by atoms with van der Waals surface area (Å²) in [6, 6.07) is 0.436. The van der Waals surface area contributed by atoms with Gasteiger partial charge in [0, 0.05) is 26.2 Å². The standard InChI is InChI=1S/C11H19N5O3/c1-11(2,3)19-10(17)16-6-4-15(5-7-16)9-14-13-8(12)18-9/h4-7H2,1-3H3,(H2,12,13). The third kappa shape index (κ3) is 3.49. The fraction of sp³-hybridized carbons (Fsp3) is 0.727. The van der Waals surface area contributed by atoms with Crippen molar-refractivity contribution in [2.45, 2.75) is 26.4 Å². The minimum Gasteiger partial charge on any atom is -0.444 e. The molecule has 1 aliphatic rings. The van der Waals surface area contributed by atoms with E-state index in [9.17, 15) is 4.79 Å². The summed E-state index contributed by atoms with van der Waals surface area (Å²) in [6.45, 7) is 7.88. The summed E-state index contributed by atoms with van der Waals surface area (Å²) in [6.07, 6.45) is -0.294. The normalized spacial score (nSPS) is 16.6. The Morgan fingerprint density at radius 1 is 1.26 bits per heavy atom. The van der Waals surface area contributed by atoms with Crippen LogP contribution in [0.5, 0.6) is 0 Å². The van der Waals surface area contributed by atoms with Gasteiger partial charge >= 0.3 is 18.1 Å². The number of carbonyl (C=O) groups excluding carboxylic acids is 1. The third-order valence-electron chi connectivity index (χ3n) is 2.63. The lowest BCUT2D eigenvalue weighted by atomic mass is 10.2. The molecule has 0 radical (unpaired) electrons. The highest BCUT2D eigenvalue weighted by atomic mass is 16.6.